The van der Waals surface area contributed by atoms with Crippen molar-refractivity contribution in [3.63, 3.8) is 0 Å². The van der Waals surface area contributed by atoms with Gasteiger partial charge in [0.2, 0.25) is 0 Å². The fraction of sp³-hybridized carbons (Fsp3) is 0.381. The molecule has 4 nitrogen and oxygen atoms in total. The Morgan fingerprint density at radius 1 is 1.15 bits per heavy atom. The van der Waals surface area contributed by atoms with Crippen molar-refractivity contribution in [2.45, 2.75) is 31.8 Å². The van der Waals surface area contributed by atoms with Gasteiger partial charge in [0.15, 0.2) is 5.96 Å². The van der Waals surface area contributed by atoms with Gasteiger partial charge in [0, 0.05) is 13.1 Å². The maximum Gasteiger partial charge on any atom is 0.191 e. The van der Waals surface area contributed by atoms with E-state index < -0.39 is 5.60 Å². The molecule has 3 rings (SSSR count). The Bertz CT molecular complexity index is 784. The quantitative estimate of drug-likeness (QED) is 0.336. The molecule has 2 aromatic carbocycles. The minimum atomic E-state index is -0.912. The number of guanidine groups is 1. The molecule has 0 heterocycles. The molecule has 1 atom stereocenters. The normalized spacial score (nSPS) is 18.6. The van der Waals surface area contributed by atoms with Crippen molar-refractivity contribution in [2.75, 3.05) is 19.6 Å². The number of nitrogens with one attached hydrogen (secondary N) is 2. The average Bonchev–Trinajstić information content (AvgIpc) is 2.99. The van der Waals surface area contributed by atoms with E-state index in [4.69, 9.17) is 0 Å². The van der Waals surface area contributed by atoms with Gasteiger partial charge in [-0.15, -0.1) is 24.0 Å². The standard InChI is InChI=1S/C21H26FN3O.HI/c1-2-23-20(24-14-12-17-8-4-6-10-19(17)22)25-15-21(26)13-11-16-7-3-5-9-18(16)21;/h3-10,26H,2,11-15H2,1H3,(H2,23,24,25);1H. The minimum Gasteiger partial charge on any atom is -0.383 e. The fourth-order valence-corrected chi connectivity index (χ4v) is 3.40. The molecule has 0 saturated heterocycles. The van der Waals surface area contributed by atoms with Crippen molar-refractivity contribution in [1.82, 2.24) is 10.6 Å². The first kappa shape index (κ1) is 21.6. The predicted molar refractivity (Wildman–Crippen MR) is 118 cm³/mol. The van der Waals surface area contributed by atoms with E-state index in [0.29, 0.717) is 37.5 Å². The summed E-state index contributed by atoms with van der Waals surface area (Å²) in [6.45, 7) is 3.59. The molecule has 1 unspecified atom stereocenters. The fourth-order valence-electron chi connectivity index (χ4n) is 3.40. The molecule has 0 radical (unpaired) electrons. The van der Waals surface area contributed by atoms with Crippen LogP contribution in [0.1, 0.15) is 30.0 Å². The number of benzene rings is 2. The second-order valence-electron chi connectivity index (χ2n) is 6.65. The Balaban J connectivity index is 0.00000261. The van der Waals surface area contributed by atoms with Gasteiger partial charge in [-0.05, 0) is 48.9 Å². The molecule has 0 aromatic heterocycles. The Labute approximate surface area is 177 Å². The predicted octanol–water partition coefficient (Wildman–Crippen LogP) is 3.38. The molecule has 0 bridgehead atoms. The topological polar surface area (TPSA) is 56.7 Å². The molecule has 0 aliphatic heterocycles. The van der Waals surface area contributed by atoms with Crippen LogP contribution in [-0.2, 0) is 18.4 Å². The number of halogens is 2. The van der Waals surface area contributed by atoms with Gasteiger partial charge in [-0.2, -0.15) is 0 Å². The molecule has 6 heteroatoms. The van der Waals surface area contributed by atoms with Crippen molar-refractivity contribution >= 4 is 29.9 Å². The van der Waals surface area contributed by atoms with Crippen LogP contribution < -0.4 is 10.6 Å². The molecule has 0 spiro atoms. The lowest BCUT2D eigenvalue weighted by molar-refractivity contribution is 0.0485. The van der Waals surface area contributed by atoms with Gasteiger partial charge in [0.1, 0.15) is 11.4 Å². The highest BCUT2D eigenvalue weighted by Gasteiger charge is 2.36. The average molecular weight is 483 g/mol. The molecule has 0 fully saturated rings. The Morgan fingerprint density at radius 3 is 2.67 bits per heavy atom. The Hall–Kier alpha value is -1.67. The lowest BCUT2D eigenvalue weighted by Gasteiger charge is -2.22. The lowest BCUT2D eigenvalue weighted by atomic mass is 9.96. The third-order valence-electron chi connectivity index (χ3n) is 4.81. The van der Waals surface area contributed by atoms with E-state index in [1.54, 1.807) is 12.1 Å². The van der Waals surface area contributed by atoms with Gasteiger partial charge in [-0.25, -0.2) is 9.38 Å². The summed E-state index contributed by atoms with van der Waals surface area (Å²) in [5.41, 5.74) is 1.94. The van der Waals surface area contributed by atoms with Crippen molar-refractivity contribution in [2.24, 2.45) is 4.99 Å². The SMILES string of the molecule is CCNC(=NCC1(O)CCc2ccccc21)NCCc1ccccc1F.I. The maximum atomic E-state index is 13.7. The van der Waals surface area contributed by atoms with Crippen LogP contribution in [0.25, 0.3) is 0 Å². The van der Waals surface area contributed by atoms with Crippen LogP contribution in [0, 0.1) is 5.82 Å². The van der Waals surface area contributed by atoms with E-state index in [1.807, 2.05) is 31.2 Å². The first-order valence-corrected chi connectivity index (χ1v) is 9.19. The first-order valence-electron chi connectivity index (χ1n) is 9.19. The molecule has 3 N–H and O–H groups in total. The van der Waals surface area contributed by atoms with E-state index >= 15 is 0 Å². The first-order chi connectivity index (χ1) is 12.6. The Kier molecular flexibility index (Phi) is 8.04. The summed E-state index contributed by atoms with van der Waals surface area (Å²) in [5.74, 6) is 0.453. The number of aryl methyl sites for hydroxylation is 1. The van der Waals surface area contributed by atoms with Gasteiger partial charge in [-0.3, -0.25) is 0 Å². The van der Waals surface area contributed by atoms with Crippen LogP contribution in [0.5, 0.6) is 0 Å². The molecule has 27 heavy (non-hydrogen) atoms. The summed E-state index contributed by atoms with van der Waals surface area (Å²) in [6.07, 6.45) is 2.13. The number of hydrogen-bond donors (Lipinski definition) is 3. The van der Waals surface area contributed by atoms with Gasteiger partial charge >= 0.3 is 0 Å². The zero-order valence-corrected chi connectivity index (χ0v) is 17.9. The van der Waals surface area contributed by atoms with E-state index in [0.717, 1.165) is 18.5 Å². The number of hydrogen-bond acceptors (Lipinski definition) is 2. The van der Waals surface area contributed by atoms with E-state index in [-0.39, 0.29) is 29.8 Å². The largest absolute Gasteiger partial charge is 0.383 e. The van der Waals surface area contributed by atoms with E-state index in [9.17, 15) is 9.50 Å². The number of fused-ring (bicyclic) bond motifs is 1. The van der Waals surface area contributed by atoms with Crippen LogP contribution >= 0.6 is 24.0 Å². The zero-order valence-electron chi connectivity index (χ0n) is 15.5. The summed E-state index contributed by atoms with van der Waals surface area (Å²) in [4.78, 5) is 4.57. The third kappa shape index (κ3) is 5.42. The minimum absolute atomic E-state index is 0. The number of aliphatic hydroxyl groups is 1. The van der Waals surface area contributed by atoms with Gasteiger partial charge in [0.25, 0.3) is 0 Å². The van der Waals surface area contributed by atoms with Crippen molar-refractivity contribution < 1.29 is 9.50 Å². The zero-order chi connectivity index (χ0) is 18.4. The van der Waals surface area contributed by atoms with Crippen molar-refractivity contribution in [1.29, 1.82) is 0 Å². The number of nitrogens with zero attached hydrogens (tertiary/aromatic N) is 1. The smallest absolute Gasteiger partial charge is 0.191 e. The molecular formula is C21H27FIN3O. The summed E-state index contributed by atoms with van der Waals surface area (Å²) >= 11 is 0. The molecule has 1 aliphatic rings. The molecule has 1 aliphatic carbocycles. The summed E-state index contributed by atoms with van der Waals surface area (Å²) < 4.78 is 13.7. The van der Waals surface area contributed by atoms with E-state index in [2.05, 4.69) is 21.7 Å². The molecule has 0 amide bonds. The van der Waals surface area contributed by atoms with Crippen molar-refractivity contribution in [3.05, 3.63) is 71.0 Å². The summed E-state index contributed by atoms with van der Waals surface area (Å²) in [5, 5.41) is 17.4. The highest BCUT2D eigenvalue weighted by Crippen LogP contribution is 2.36. The van der Waals surface area contributed by atoms with Gasteiger partial charge < -0.3 is 15.7 Å². The second-order valence-corrected chi connectivity index (χ2v) is 6.65. The van der Waals surface area contributed by atoms with Gasteiger partial charge in [-0.1, -0.05) is 42.5 Å². The van der Waals surface area contributed by atoms with Crippen LogP contribution in [0.4, 0.5) is 4.39 Å². The highest BCUT2D eigenvalue weighted by molar-refractivity contribution is 14.0. The van der Waals surface area contributed by atoms with Crippen molar-refractivity contribution in [3.8, 4) is 0 Å². The van der Waals surface area contributed by atoms with E-state index in [1.165, 1.54) is 11.6 Å². The summed E-state index contributed by atoms with van der Waals surface area (Å²) in [7, 11) is 0. The highest BCUT2D eigenvalue weighted by atomic mass is 127. The van der Waals surface area contributed by atoms with Crippen LogP contribution in [-0.4, -0.2) is 30.7 Å². The molecular weight excluding hydrogens is 456 g/mol. The third-order valence-corrected chi connectivity index (χ3v) is 4.81. The second kappa shape index (κ2) is 10.0. The lowest BCUT2D eigenvalue weighted by Crippen LogP contribution is -2.40. The molecule has 146 valence electrons. The van der Waals surface area contributed by atoms with Gasteiger partial charge in [0.05, 0.1) is 6.54 Å². The molecule has 0 saturated carbocycles. The number of rotatable bonds is 6. The van der Waals surface area contributed by atoms with Crippen LogP contribution in [0.3, 0.4) is 0 Å². The number of aliphatic imine (C=N–C) groups is 1. The van der Waals surface area contributed by atoms with Crippen LogP contribution in [0.2, 0.25) is 0 Å². The molecule has 2 aromatic rings. The summed E-state index contributed by atoms with van der Waals surface area (Å²) in [6, 6.07) is 14.8. The monoisotopic (exact) mass is 483 g/mol. The Morgan fingerprint density at radius 2 is 1.89 bits per heavy atom. The van der Waals surface area contributed by atoms with Crippen LogP contribution in [0.15, 0.2) is 53.5 Å². The maximum absolute atomic E-state index is 13.7.